The van der Waals surface area contributed by atoms with E-state index in [1.54, 1.807) is 0 Å². The summed E-state index contributed by atoms with van der Waals surface area (Å²) in [4.78, 5) is 0. The Balaban J connectivity index is 2.31. The summed E-state index contributed by atoms with van der Waals surface area (Å²) in [6, 6.07) is 2.34. The Labute approximate surface area is 104 Å². The Morgan fingerprint density at radius 2 is 2.22 bits per heavy atom. The fraction of sp³-hybridized carbons (Fsp3) is 0.538. The molecule has 0 saturated carbocycles. The molecular formula is C13H16F3NO. The van der Waals surface area contributed by atoms with Crippen LogP contribution >= 0.6 is 0 Å². The number of benzene rings is 1. The predicted octanol–water partition coefficient (Wildman–Crippen LogP) is 3.07. The van der Waals surface area contributed by atoms with Crippen LogP contribution in [0.5, 0.6) is 5.75 Å². The molecule has 1 aromatic rings. The van der Waals surface area contributed by atoms with E-state index >= 15 is 0 Å². The molecule has 0 spiro atoms. The van der Waals surface area contributed by atoms with Gasteiger partial charge in [-0.2, -0.15) is 0 Å². The minimum Gasteiger partial charge on any atom is -0.496 e. The van der Waals surface area contributed by atoms with E-state index in [9.17, 15) is 13.2 Å². The van der Waals surface area contributed by atoms with Crippen LogP contribution in [0.25, 0.3) is 0 Å². The van der Waals surface area contributed by atoms with Gasteiger partial charge in [-0.3, -0.25) is 0 Å². The quantitative estimate of drug-likeness (QED) is 0.897. The number of methoxy groups -OCH3 is 1. The molecule has 100 valence electrons. The second-order valence-electron chi connectivity index (χ2n) is 4.49. The molecule has 1 N–H and O–H groups in total. The lowest BCUT2D eigenvalue weighted by molar-refractivity contribution is 0.146. The van der Waals surface area contributed by atoms with E-state index in [4.69, 9.17) is 4.74 Å². The van der Waals surface area contributed by atoms with Crippen molar-refractivity contribution in [2.24, 2.45) is 0 Å². The monoisotopic (exact) mass is 259 g/mol. The molecule has 0 bridgehead atoms. The summed E-state index contributed by atoms with van der Waals surface area (Å²) in [6.07, 6.45) is -0.181. The molecule has 1 heterocycles. The van der Waals surface area contributed by atoms with Crippen LogP contribution in [-0.2, 0) is 6.42 Å². The fourth-order valence-corrected chi connectivity index (χ4v) is 2.43. The van der Waals surface area contributed by atoms with Crippen LogP contribution in [0, 0.1) is 5.82 Å². The lowest BCUT2D eigenvalue weighted by Gasteiger charge is -2.16. The Bertz CT molecular complexity index is 417. The minimum absolute atomic E-state index is 0.111. The van der Waals surface area contributed by atoms with Crippen molar-refractivity contribution in [1.29, 1.82) is 0 Å². The van der Waals surface area contributed by atoms with Crippen molar-refractivity contribution in [2.75, 3.05) is 13.7 Å². The number of hydrogen-bond donors (Lipinski definition) is 1. The molecule has 5 heteroatoms. The molecule has 1 aromatic carbocycles. The van der Waals surface area contributed by atoms with Crippen LogP contribution in [0.15, 0.2) is 12.1 Å². The molecule has 0 radical (unpaired) electrons. The number of rotatable bonds is 4. The van der Waals surface area contributed by atoms with Crippen molar-refractivity contribution in [3.63, 3.8) is 0 Å². The summed E-state index contributed by atoms with van der Waals surface area (Å²) >= 11 is 0. The summed E-state index contributed by atoms with van der Waals surface area (Å²) in [7, 11) is 1.34. The maximum absolute atomic E-state index is 13.4. The van der Waals surface area contributed by atoms with Crippen LogP contribution in [0.3, 0.4) is 0 Å². The van der Waals surface area contributed by atoms with Gasteiger partial charge in [-0.1, -0.05) is 0 Å². The van der Waals surface area contributed by atoms with Crippen LogP contribution in [-0.4, -0.2) is 19.7 Å². The van der Waals surface area contributed by atoms with Gasteiger partial charge in [0.05, 0.1) is 12.7 Å². The van der Waals surface area contributed by atoms with Gasteiger partial charge in [0.1, 0.15) is 11.6 Å². The molecule has 2 nitrogen and oxygen atoms in total. The standard InChI is InChI=1S/C13H16F3NO/c1-18-12-8(6-10-3-2-4-17-10)5-9(14)7-11(12)13(15)16/h5,7,10,13,17H,2-4,6H2,1H3. The van der Waals surface area contributed by atoms with Crippen LogP contribution in [0.2, 0.25) is 0 Å². The second kappa shape index (κ2) is 5.61. The molecule has 1 aliphatic rings. The molecule has 1 fully saturated rings. The first kappa shape index (κ1) is 13.2. The summed E-state index contributed by atoms with van der Waals surface area (Å²) in [5.74, 6) is -0.529. The zero-order valence-electron chi connectivity index (χ0n) is 10.2. The van der Waals surface area contributed by atoms with E-state index in [1.165, 1.54) is 13.2 Å². The third kappa shape index (κ3) is 2.77. The lowest BCUT2D eigenvalue weighted by Crippen LogP contribution is -2.24. The highest BCUT2D eigenvalue weighted by Gasteiger charge is 2.22. The van der Waals surface area contributed by atoms with Crippen molar-refractivity contribution in [2.45, 2.75) is 31.7 Å². The first-order valence-electron chi connectivity index (χ1n) is 5.99. The number of ether oxygens (including phenoxy) is 1. The molecule has 18 heavy (non-hydrogen) atoms. The van der Waals surface area contributed by atoms with Gasteiger partial charge in [0, 0.05) is 6.04 Å². The Morgan fingerprint density at radius 3 is 2.78 bits per heavy atom. The van der Waals surface area contributed by atoms with E-state index < -0.39 is 12.2 Å². The molecule has 2 rings (SSSR count). The Morgan fingerprint density at radius 1 is 1.44 bits per heavy atom. The maximum Gasteiger partial charge on any atom is 0.267 e. The van der Waals surface area contributed by atoms with Crippen LogP contribution in [0.4, 0.5) is 13.2 Å². The molecule has 1 atom stereocenters. The van der Waals surface area contributed by atoms with E-state index in [2.05, 4.69) is 5.32 Å². The average Bonchev–Trinajstić information content (AvgIpc) is 2.81. The summed E-state index contributed by atoms with van der Waals surface area (Å²) in [5, 5.41) is 3.26. The topological polar surface area (TPSA) is 21.3 Å². The van der Waals surface area contributed by atoms with Gasteiger partial charge < -0.3 is 10.1 Å². The zero-order chi connectivity index (χ0) is 13.1. The number of alkyl halides is 2. The molecule has 1 unspecified atom stereocenters. The normalized spacial score (nSPS) is 19.5. The smallest absolute Gasteiger partial charge is 0.267 e. The lowest BCUT2D eigenvalue weighted by atomic mass is 10.0. The van der Waals surface area contributed by atoms with E-state index in [1.807, 2.05) is 0 Å². The van der Waals surface area contributed by atoms with Gasteiger partial charge in [0.2, 0.25) is 0 Å². The van der Waals surface area contributed by atoms with Gasteiger partial charge in [-0.05, 0) is 43.5 Å². The minimum atomic E-state index is -2.73. The Hall–Kier alpha value is -1.23. The average molecular weight is 259 g/mol. The Kier molecular flexibility index (Phi) is 4.11. The first-order valence-corrected chi connectivity index (χ1v) is 5.99. The van der Waals surface area contributed by atoms with Crippen molar-refractivity contribution < 1.29 is 17.9 Å². The van der Waals surface area contributed by atoms with Gasteiger partial charge in [0.25, 0.3) is 6.43 Å². The van der Waals surface area contributed by atoms with Crippen molar-refractivity contribution >= 4 is 0 Å². The highest BCUT2D eigenvalue weighted by atomic mass is 19.3. The van der Waals surface area contributed by atoms with Crippen molar-refractivity contribution in [3.8, 4) is 5.75 Å². The number of halogens is 3. The summed E-state index contributed by atoms with van der Waals surface area (Å²) in [5.41, 5.74) is 0.137. The van der Waals surface area contributed by atoms with E-state index in [0.29, 0.717) is 12.0 Å². The molecule has 0 aromatic heterocycles. The van der Waals surface area contributed by atoms with Gasteiger partial charge in [-0.25, -0.2) is 13.2 Å². The maximum atomic E-state index is 13.4. The third-order valence-corrected chi connectivity index (χ3v) is 3.23. The predicted molar refractivity (Wildman–Crippen MR) is 62.6 cm³/mol. The van der Waals surface area contributed by atoms with Crippen molar-refractivity contribution in [3.05, 3.63) is 29.1 Å². The largest absolute Gasteiger partial charge is 0.496 e. The van der Waals surface area contributed by atoms with Crippen LogP contribution in [0.1, 0.15) is 30.4 Å². The highest BCUT2D eigenvalue weighted by Crippen LogP contribution is 2.34. The molecular weight excluding hydrogens is 243 g/mol. The van der Waals surface area contributed by atoms with Gasteiger partial charge >= 0.3 is 0 Å². The summed E-state index contributed by atoms with van der Waals surface area (Å²) < 4.78 is 44.0. The third-order valence-electron chi connectivity index (χ3n) is 3.23. The fourth-order valence-electron chi connectivity index (χ4n) is 2.43. The number of hydrogen-bond acceptors (Lipinski definition) is 2. The van der Waals surface area contributed by atoms with Gasteiger partial charge in [0.15, 0.2) is 0 Å². The number of nitrogens with one attached hydrogen (secondary N) is 1. The zero-order valence-corrected chi connectivity index (χ0v) is 10.2. The van der Waals surface area contributed by atoms with E-state index in [-0.39, 0.29) is 17.4 Å². The van der Waals surface area contributed by atoms with Crippen LogP contribution < -0.4 is 10.1 Å². The summed E-state index contributed by atoms with van der Waals surface area (Å²) in [6.45, 7) is 0.921. The molecule has 0 aliphatic carbocycles. The highest BCUT2D eigenvalue weighted by molar-refractivity contribution is 5.43. The molecule has 1 saturated heterocycles. The van der Waals surface area contributed by atoms with Gasteiger partial charge in [-0.15, -0.1) is 0 Å². The molecule has 1 aliphatic heterocycles. The second-order valence-corrected chi connectivity index (χ2v) is 4.49. The van der Waals surface area contributed by atoms with E-state index in [0.717, 1.165) is 25.5 Å². The SMILES string of the molecule is COc1c(CC2CCCN2)cc(F)cc1C(F)F. The molecule has 0 amide bonds. The van der Waals surface area contributed by atoms with Crippen molar-refractivity contribution in [1.82, 2.24) is 5.32 Å². The first-order chi connectivity index (χ1) is 8.61.